The second-order valence-electron chi connectivity index (χ2n) is 2.19. The highest BCUT2D eigenvalue weighted by Crippen LogP contribution is 2.23. The molecule has 0 aromatic carbocycles. The quantitative estimate of drug-likeness (QED) is 0.561. The van der Waals surface area contributed by atoms with Gasteiger partial charge in [0.1, 0.15) is 0 Å². The van der Waals surface area contributed by atoms with Crippen LogP contribution in [0.2, 0.25) is 0 Å². The van der Waals surface area contributed by atoms with Crippen molar-refractivity contribution in [1.82, 2.24) is 4.98 Å². The Morgan fingerprint density at radius 3 is 3.40 bits per heavy atom. The number of nitrogens with zero attached hydrogens (tertiary/aromatic N) is 1. The molecule has 0 atom stereocenters. The van der Waals surface area contributed by atoms with Gasteiger partial charge in [-0.3, -0.25) is 4.98 Å². The molecule has 0 spiro atoms. The van der Waals surface area contributed by atoms with Gasteiger partial charge in [-0.05, 0) is 28.7 Å². The van der Waals surface area contributed by atoms with Gasteiger partial charge in [0, 0.05) is 18.1 Å². The van der Waals surface area contributed by atoms with Crippen LogP contribution >= 0.6 is 11.8 Å². The highest BCUT2D eigenvalue weighted by atomic mass is 32.2. The molecule has 10 heavy (non-hydrogen) atoms. The zero-order valence-corrected chi connectivity index (χ0v) is 6.27. The van der Waals surface area contributed by atoms with E-state index in [4.69, 9.17) is 0 Å². The van der Waals surface area contributed by atoms with Crippen LogP contribution in [-0.4, -0.2) is 4.98 Å². The summed E-state index contributed by atoms with van der Waals surface area (Å²) >= 11 is 1.82. The Kier molecular flexibility index (Phi) is 1.47. The second-order valence-corrected chi connectivity index (χ2v) is 3.08. The molecule has 0 unspecified atom stereocenters. The Morgan fingerprint density at radius 2 is 2.50 bits per heavy atom. The second kappa shape index (κ2) is 2.46. The Bertz CT molecular complexity index is 268. The lowest BCUT2D eigenvalue weighted by Crippen LogP contribution is -1.89. The molecule has 0 N–H and O–H groups in total. The van der Waals surface area contributed by atoms with Crippen molar-refractivity contribution in [2.45, 2.75) is 5.75 Å². The number of pyridine rings is 1. The smallest absolute Gasteiger partial charge is 0.0314 e. The summed E-state index contributed by atoms with van der Waals surface area (Å²) < 4.78 is 0. The molecule has 2 heteroatoms. The zero-order valence-electron chi connectivity index (χ0n) is 5.45. The molecule has 1 aromatic heterocycles. The Balaban J connectivity index is 2.54. The first-order chi connectivity index (χ1) is 4.97. The lowest BCUT2D eigenvalue weighted by atomic mass is 10.1. The van der Waals surface area contributed by atoms with Crippen LogP contribution in [0, 0.1) is 0 Å². The molecule has 1 nitrogen and oxygen atoms in total. The molecular weight excluding hydrogens is 142 g/mol. The van der Waals surface area contributed by atoms with E-state index in [-0.39, 0.29) is 0 Å². The summed E-state index contributed by atoms with van der Waals surface area (Å²) in [6, 6.07) is 2.05. The fraction of sp³-hybridized carbons (Fsp3) is 0.125. The molecule has 50 valence electrons. The third kappa shape index (κ3) is 0.948. The number of thioether (sulfide) groups is 1. The highest BCUT2D eigenvalue weighted by Gasteiger charge is 2.01. The summed E-state index contributed by atoms with van der Waals surface area (Å²) in [5, 5.41) is 2.13. The molecule has 0 aliphatic carbocycles. The lowest BCUT2D eigenvalue weighted by Gasteiger charge is -2.06. The van der Waals surface area contributed by atoms with Crippen LogP contribution in [0.5, 0.6) is 0 Å². The molecule has 1 aromatic rings. The maximum Gasteiger partial charge on any atom is 0.0314 e. The van der Waals surface area contributed by atoms with Crippen molar-refractivity contribution >= 4 is 17.8 Å². The van der Waals surface area contributed by atoms with E-state index in [9.17, 15) is 0 Å². The van der Waals surface area contributed by atoms with Crippen LogP contribution in [0.15, 0.2) is 23.9 Å². The first kappa shape index (κ1) is 5.98. The van der Waals surface area contributed by atoms with Gasteiger partial charge in [0.15, 0.2) is 0 Å². The van der Waals surface area contributed by atoms with Gasteiger partial charge in [-0.2, -0.15) is 0 Å². The molecule has 0 amide bonds. The highest BCUT2D eigenvalue weighted by molar-refractivity contribution is 8.01. The predicted molar refractivity (Wildman–Crippen MR) is 44.6 cm³/mol. The molecular formula is C8H7NS. The van der Waals surface area contributed by atoms with Crippen LogP contribution in [0.3, 0.4) is 0 Å². The Morgan fingerprint density at radius 1 is 1.50 bits per heavy atom. The van der Waals surface area contributed by atoms with Gasteiger partial charge in [0.25, 0.3) is 0 Å². The summed E-state index contributed by atoms with van der Waals surface area (Å²) in [7, 11) is 0. The minimum absolute atomic E-state index is 1.07. The van der Waals surface area contributed by atoms with E-state index in [2.05, 4.69) is 16.5 Å². The van der Waals surface area contributed by atoms with E-state index < -0.39 is 0 Å². The molecule has 2 rings (SSSR count). The summed E-state index contributed by atoms with van der Waals surface area (Å²) in [5.41, 5.74) is 2.66. The van der Waals surface area contributed by atoms with Crippen molar-refractivity contribution in [3.05, 3.63) is 35.0 Å². The summed E-state index contributed by atoms with van der Waals surface area (Å²) in [6.45, 7) is 0. The summed E-state index contributed by atoms with van der Waals surface area (Å²) in [4.78, 5) is 4.05. The van der Waals surface area contributed by atoms with Crippen molar-refractivity contribution in [2.75, 3.05) is 0 Å². The minimum atomic E-state index is 1.07. The van der Waals surface area contributed by atoms with Crippen molar-refractivity contribution in [3.63, 3.8) is 0 Å². The van der Waals surface area contributed by atoms with Crippen LogP contribution in [-0.2, 0) is 5.75 Å². The Hall–Kier alpha value is -0.760. The van der Waals surface area contributed by atoms with Crippen LogP contribution < -0.4 is 0 Å². The minimum Gasteiger partial charge on any atom is -0.264 e. The molecule has 0 bridgehead atoms. The van der Waals surface area contributed by atoms with E-state index >= 15 is 0 Å². The van der Waals surface area contributed by atoms with Gasteiger partial charge in [-0.15, -0.1) is 11.8 Å². The monoisotopic (exact) mass is 149 g/mol. The average molecular weight is 149 g/mol. The molecule has 0 radical (unpaired) electrons. The third-order valence-corrected chi connectivity index (χ3v) is 2.33. The van der Waals surface area contributed by atoms with Gasteiger partial charge in [-0.1, -0.05) is 0 Å². The maximum absolute atomic E-state index is 4.05. The van der Waals surface area contributed by atoms with E-state index in [1.165, 1.54) is 11.1 Å². The first-order valence-corrected chi connectivity index (χ1v) is 4.23. The molecule has 1 aliphatic rings. The third-order valence-electron chi connectivity index (χ3n) is 1.52. The molecule has 0 saturated carbocycles. The van der Waals surface area contributed by atoms with E-state index in [1.807, 2.05) is 30.2 Å². The number of hydrogen-bond acceptors (Lipinski definition) is 2. The van der Waals surface area contributed by atoms with Gasteiger partial charge in [0.2, 0.25) is 0 Å². The predicted octanol–water partition coefficient (Wildman–Crippen LogP) is 2.30. The molecule has 1 aliphatic heterocycles. The summed E-state index contributed by atoms with van der Waals surface area (Å²) in [6.07, 6.45) is 5.90. The maximum atomic E-state index is 4.05. The normalized spacial score (nSPS) is 14.8. The zero-order chi connectivity index (χ0) is 6.81. The Labute approximate surface area is 64.2 Å². The van der Waals surface area contributed by atoms with Crippen LogP contribution in [0.4, 0.5) is 0 Å². The first-order valence-electron chi connectivity index (χ1n) is 3.18. The van der Waals surface area contributed by atoms with Crippen molar-refractivity contribution in [1.29, 1.82) is 0 Å². The number of aromatic nitrogens is 1. The fourth-order valence-corrected chi connectivity index (χ4v) is 1.74. The van der Waals surface area contributed by atoms with Gasteiger partial charge >= 0.3 is 0 Å². The van der Waals surface area contributed by atoms with Crippen LogP contribution in [0.25, 0.3) is 6.08 Å². The number of rotatable bonds is 0. The largest absolute Gasteiger partial charge is 0.264 e. The topological polar surface area (TPSA) is 12.9 Å². The molecule has 0 saturated heterocycles. The summed E-state index contributed by atoms with van der Waals surface area (Å²) in [5.74, 6) is 1.07. The molecule has 0 fully saturated rings. The van der Waals surface area contributed by atoms with Crippen molar-refractivity contribution < 1.29 is 0 Å². The van der Waals surface area contributed by atoms with E-state index in [0.29, 0.717) is 0 Å². The van der Waals surface area contributed by atoms with Crippen molar-refractivity contribution in [2.24, 2.45) is 0 Å². The number of hydrogen-bond donors (Lipinski definition) is 0. The van der Waals surface area contributed by atoms with Crippen LogP contribution in [0.1, 0.15) is 11.1 Å². The van der Waals surface area contributed by atoms with Gasteiger partial charge < -0.3 is 0 Å². The fourth-order valence-electron chi connectivity index (χ4n) is 0.980. The SMILES string of the molecule is C1=Cc2ccncc2CS1. The van der Waals surface area contributed by atoms with E-state index in [1.54, 1.807) is 0 Å². The van der Waals surface area contributed by atoms with Gasteiger partial charge in [0.05, 0.1) is 0 Å². The number of fused-ring (bicyclic) bond motifs is 1. The molecule has 2 heterocycles. The standard InChI is InChI=1S/C8H7NS/c1-3-9-5-8-6-10-4-2-7(1)8/h1-5H,6H2. The van der Waals surface area contributed by atoms with Gasteiger partial charge in [-0.25, -0.2) is 0 Å². The van der Waals surface area contributed by atoms with Crippen molar-refractivity contribution in [3.8, 4) is 0 Å². The average Bonchev–Trinajstić information content (AvgIpc) is 2.05. The lowest BCUT2D eigenvalue weighted by molar-refractivity contribution is 1.24. The van der Waals surface area contributed by atoms with E-state index in [0.717, 1.165) is 5.75 Å².